The van der Waals surface area contributed by atoms with Crippen LogP contribution >= 0.6 is 34.9 Å². The highest BCUT2D eigenvalue weighted by molar-refractivity contribution is 8.28. The fourth-order valence-electron chi connectivity index (χ4n) is 4.10. The molecule has 7 nitrogen and oxygen atoms in total. The molecule has 2 aliphatic heterocycles. The molecule has 10 heteroatoms. The van der Waals surface area contributed by atoms with E-state index in [9.17, 15) is 14.9 Å². The third kappa shape index (κ3) is 4.22. The maximum absolute atomic E-state index is 14.0. The lowest BCUT2D eigenvalue weighted by Crippen LogP contribution is -2.51. The summed E-state index contributed by atoms with van der Waals surface area (Å²) in [6, 6.07) is 29.5. The number of carbonyl (C=O) groups is 1. The van der Waals surface area contributed by atoms with E-state index >= 15 is 0 Å². The van der Waals surface area contributed by atoms with Gasteiger partial charge in [-0.05, 0) is 59.1 Å². The first-order valence-electron chi connectivity index (χ1n) is 11.3. The summed E-state index contributed by atoms with van der Waals surface area (Å²) in [6.45, 7) is 0. The number of amides is 1. The van der Waals surface area contributed by atoms with E-state index in [-0.39, 0.29) is 11.6 Å². The molecule has 1 aromatic heterocycles. The van der Waals surface area contributed by atoms with Gasteiger partial charge >= 0.3 is 0 Å². The van der Waals surface area contributed by atoms with E-state index in [1.165, 1.54) is 35.7 Å². The molecule has 4 aromatic rings. The minimum atomic E-state index is -1.01. The second kappa shape index (κ2) is 9.55. The summed E-state index contributed by atoms with van der Waals surface area (Å²) >= 11 is 4.49. The van der Waals surface area contributed by atoms with Gasteiger partial charge in [0.15, 0.2) is 0 Å². The highest BCUT2D eigenvalue weighted by Crippen LogP contribution is 2.60. The Hall–Kier alpha value is -3.86. The van der Waals surface area contributed by atoms with Crippen LogP contribution in [-0.2, 0) is 4.79 Å². The van der Waals surface area contributed by atoms with Crippen LogP contribution in [0.3, 0.4) is 0 Å². The Balaban J connectivity index is 1.52. The van der Waals surface area contributed by atoms with Gasteiger partial charge in [-0.15, -0.1) is 11.3 Å². The van der Waals surface area contributed by atoms with Crippen molar-refractivity contribution in [3.8, 4) is 0 Å². The molecule has 1 amide bonds. The van der Waals surface area contributed by atoms with Crippen LogP contribution in [0, 0.1) is 10.1 Å². The summed E-state index contributed by atoms with van der Waals surface area (Å²) in [5, 5.41) is 20.8. The number of non-ortho nitro benzene ring substituents is 1. The van der Waals surface area contributed by atoms with Gasteiger partial charge in [-0.1, -0.05) is 66.4 Å². The molecule has 1 fully saturated rings. The van der Waals surface area contributed by atoms with Crippen LogP contribution < -0.4 is 9.91 Å². The number of thioether (sulfide) groups is 2. The molecule has 3 aromatic carbocycles. The van der Waals surface area contributed by atoms with Gasteiger partial charge in [0.25, 0.3) is 11.6 Å². The Kier molecular flexibility index (Phi) is 6.07. The zero-order valence-electron chi connectivity index (χ0n) is 19.1. The minimum Gasteiger partial charge on any atom is -0.268 e. The zero-order valence-corrected chi connectivity index (χ0v) is 21.6. The fourth-order valence-corrected chi connectivity index (χ4v) is 7.88. The van der Waals surface area contributed by atoms with E-state index in [1.54, 1.807) is 33.4 Å². The molecule has 182 valence electrons. The van der Waals surface area contributed by atoms with Crippen molar-refractivity contribution in [2.24, 2.45) is 5.10 Å². The van der Waals surface area contributed by atoms with Crippen LogP contribution in [0.2, 0.25) is 0 Å². The van der Waals surface area contributed by atoms with Crippen LogP contribution in [0.15, 0.2) is 112 Å². The third-order valence-electron chi connectivity index (χ3n) is 5.78. The van der Waals surface area contributed by atoms with E-state index in [0.717, 1.165) is 21.2 Å². The van der Waals surface area contributed by atoms with Crippen LogP contribution in [-0.4, -0.2) is 20.2 Å². The first-order valence-corrected chi connectivity index (χ1v) is 13.8. The van der Waals surface area contributed by atoms with Crippen LogP contribution in [0.25, 0.3) is 6.08 Å². The topological polar surface area (TPSA) is 79.0 Å². The molecule has 37 heavy (non-hydrogen) atoms. The van der Waals surface area contributed by atoms with Gasteiger partial charge < -0.3 is 0 Å². The number of hydrogen-bond acceptors (Lipinski definition) is 8. The Labute approximate surface area is 225 Å². The van der Waals surface area contributed by atoms with E-state index < -0.39 is 9.25 Å². The molecule has 2 aliphatic rings. The minimum absolute atomic E-state index is 0.00756. The number of benzene rings is 3. The van der Waals surface area contributed by atoms with Gasteiger partial charge in [-0.3, -0.25) is 19.8 Å². The standard InChI is InChI=1S/C27H18N4O3S3/c32-26-24(18-19-8-3-1-4-9-19)36-27(29(26)20-10-5-2-6-11-20)30(21-13-15-22(16-14-21)31(33)34)28-25(37-27)23-12-7-17-35-23/h1-18H. The number of thiophene rings is 1. The predicted octanol–water partition coefficient (Wildman–Crippen LogP) is 7.00. The van der Waals surface area contributed by atoms with Gasteiger partial charge in [-0.2, -0.15) is 5.10 Å². The van der Waals surface area contributed by atoms with Crippen molar-refractivity contribution >= 4 is 68.9 Å². The van der Waals surface area contributed by atoms with Gasteiger partial charge in [0.2, 0.25) is 4.33 Å². The van der Waals surface area contributed by atoms with E-state index in [1.807, 2.05) is 84.3 Å². The largest absolute Gasteiger partial charge is 0.269 e. The summed E-state index contributed by atoms with van der Waals surface area (Å²) in [4.78, 5) is 28.2. The Morgan fingerprint density at radius 1 is 0.838 bits per heavy atom. The molecule has 1 unspecified atom stereocenters. The summed E-state index contributed by atoms with van der Waals surface area (Å²) in [6.07, 6.45) is 1.90. The molecule has 0 radical (unpaired) electrons. The van der Waals surface area contributed by atoms with Crippen molar-refractivity contribution in [1.82, 2.24) is 0 Å². The molecule has 0 N–H and O–H groups in total. The van der Waals surface area contributed by atoms with Crippen molar-refractivity contribution in [1.29, 1.82) is 0 Å². The molecule has 6 rings (SSSR count). The van der Waals surface area contributed by atoms with Crippen LogP contribution in [0.1, 0.15) is 10.4 Å². The summed E-state index contributed by atoms with van der Waals surface area (Å²) in [5.41, 5.74) is 2.30. The summed E-state index contributed by atoms with van der Waals surface area (Å²) < 4.78 is -1.01. The number of rotatable bonds is 5. The average molecular weight is 543 g/mol. The number of carbonyl (C=O) groups excluding carboxylic acids is 1. The highest BCUT2D eigenvalue weighted by atomic mass is 32.2. The predicted molar refractivity (Wildman–Crippen MR) is 153 cm³/mol. The van der Waals surface area contributed by atoms with Crippen molar-refractivity contribution in [3.05, 3.63) is 128 Å². The lowest BCUT2D eigenvalue weighted by molar-refractivity contribution is -0.384. The second-order valence-corrected chi connectivity index (χ2v) is 11.7. The van der Waals surface area contributed by atoms with Gasteiger partial charge in [-0.25, -0.2) is 5.01 Å². The van der Waals surface area contributed by atoms with Crippen LogP contribution in [0.4, 0.5) is 17.1 Å². The monoisotopic (exact) mass is 542 g/mol. The third-order valence-corrected chi connectivity index (χ3v) is 9.53. The Morgan fingerprint density at radius 3 is 2.19 bits per heavy atom. The number of nitro benzene ring substituents is 1. The first kappa shape index (κ1) is 23.5. The summed E-state index contributed by atoms with van der Waals surface area (Å²) in [7, 11) is 0. The zero-order chi connectivity index (χ0) is 25.4. The smallest absolute Gasteiger partial charge is 0.268 e. The van der Waals surface area contributed by atoms with Gasteiger partial charge in [0.1, 0.15) is 5.04 Å². The maximum atomic E-state index is 14.0. The molecule has 0 saturated carbocycles. The quantitative estimate of drug-likeness (QED) is 0.153. The number of hydrogen-bond donors (Lipinski definition) is 0. The molecular formula is C27H18N4O3S3. The van der Waals surface area contributed by atoms with Crippen molar-refractivity contribution in [2.45, 2.75) is 4.33 Å². The molecule has 1 saturated heterocycles. The number of para-hydroxylation sites is 1. The van der Waals surface area contributed by atoms with Gasteiger partial charge in [0.05, 0.1) is 20.4 Å². The van der Waals surface area contributed by atoms with Crippen molar-refractivity contribution in [3.63, 3.8) is 0 Å². The maximum Gasteiger partial charge on any atom is 0.269 e. The lowest BCUT2D eigenvalue weighted by atomic mass is 10.2. The second-order valence-electron chi connectivity index (χ2n) is 8.12. The van der Waals surface area contributed by atoms with E-state index in [4.69, 9.17) is 5.10 Å². The SMILES string of the molecule is O=C1C(=Cc2ccccc2)SC2(SC(c3cccs3)=NN2c2ccc([N+](=O)[O-])cc2)N1c1ccccc1. The lowest BCUT2D eigenvalue weighted by Gasteiger charge is -2.38. The molecule has 3 heterocycles. The van der Waals surface area contributed by atoms with Crippen molar-refractivity contribution < 1.29 is 9.72 Å². The molecule has 0 bridgehead atoms. The Bertz CT molecular complexity index is 1520. The number of nitrogens with zero attached hydrogens (tertiary/aromatic N) is 4. The Morgan fingerprint density at radius 2 is 1.54 bits per heavy atom. The van der Waals surface area contributed by atoms with Gasteiger partial charge in [0, 0.05) is 17.8 Å². The molecule has 0 aliphatic carbocycles. The number of hydrazone groups is 1. The molecule has 1 atom stereocenters. The fraction of sp³-hybridized carbons (Fsp3) is 0.0370. The normalized spacial score (nSPS) is 20.2. The van der Waals surface area contributed by atoms with Crippen LogP contribution in [0.5, 0.6) is 0 Å². The first-order chi connectivity index (χ1) is 18.0. The summed E-state index contributed by atoms with van der Waals surface area (Å²) in [5.74, 6) is -0.137. The number of nitro groups is 1. The highest BCUT2D eigenvalue weighted by Gasteiger charge is 2.59. The van der Waals surface area contributed by atoms with E-state index in [0.29, 0.717) is 10.6 Å². The van der Waals surface area contributed by atoms with Crippen molar-refractivity contribution in [2.75, 3.05) is 9.91 Å². The van der Waals surface area contributed by atoms with E-state index in [2.05, 4.69) is 0 Å². The molecule has 1 spiro atoms. The number of anilines is 2. The molecular weight excluding hydrogens is 525 g/mol. The average Bonchev–Trinajstić information content (AvgIpc) is 3.64.